The van der Waals surface area contributed by atoms with Crippen molar-refractivity contribution in [1.29, 1.82) is 0 Å². The number of esters is 1. The van der Waals surface area contributed by atoms with Crippen molar-refractivity contribution < 1.29 is 18.7 Å². The first-order chi connectivity index (χ1) is 14.9. The maximum Gasteiger partial charge on any atom is 0.338 e. The zero-order valence-corrected chi connectivity index (χ0v) is 18.7. The van der Waals surface area contributed by atoms with Crippen molar-refractivity contribution in [2.45, 2.75) is 12.5 Å². The Hall–Kier alpha value is -2.33. The summed E-state index contributed by atoms with van der Waals surface area (Å²) in [6.45, 7) is 5.00. The summed E-state index contributed by atoms with van der Waals surface area (Å²) in [7, 11) is 1.33. The molecule has 2 aliphatic heterocycles. The summed E-state index contributed by atoms with van der Waals surface area (Å²) < 4.78 is 24.5. The van der Waals surface area contributed by atoms with Crippen LogP contribution in [0.2, 0.25) is 5.02 Å². The van der Waals surface area contributed by atoms with Crippen LogP contribution in [0.5, 0.6) is 0 Å². The van der Waals surface area contributed by atoms with Crippen LogP contribution in [0.25, 0.3) is 0 Å². The molecule has 1 aromatic carbocycles. The zero-order chi connectivity index (χ0) is 22.0. The van der Waals surface area contributed by atoms with Gasteiger partial charge in [-0.1, -0.05) is 17.7 Å². The molecule has 10 heteroatoms. The molecular weight excluding hydrogens is 443 g/mol. The zero-order valence-electron chi connectivity index (χ0n) is 17.2. The van der Waals surface area contributed by atoms with Gasteiger partial charge in [-0.2, -0.15) is 0 Å². The molecule has 2 aromatic rings. The van der Waals surface area contributed by atoms with Crippen LogP contribution in [-0.2, 0) is 19.8 Å². The molecule has 7 nitrogen and oxygen atoms in total. The van der Waals surface area contributed by atoms with Crippen molar-refractivity contribution in [2.75, 3.05) is 40.0 Å². The smallest absolute Gasteiger partial charge is 0.338 e. The number of nitrogens with zero attached hydrogens (tertiary/aromatic N) is 3. The number of aromatic nitrogens is 1. The second kappa shape index (κ2) is 9.04. The molecule has 0 radical (unpaired) electrons. The molecule has 2 aliphatic rings. The molecule has 31 heavy (non-hydrogen) atoms. The van der Waals surface area contributed by atoms with Crippen molar-refractivity contribution in [3.63, 3.8) is 0 Å². The highest BCUT2D eigenvalue weighted by Gasteiger charge is 2.43. The maximum absolute atomic E-state index is 13.9. The minimum absolute atomic E-state index is 0.0396. The SMILES string of the molecule is COC(=O)C1=C(CN2CCOCC2)NC(c2nccs2)=NC1(C)c1ccc(F)c(Cl)c1. The molecule has 4 rings (SSSR count). The predicted molar refractivity (Wildman–Crippen MR) is 117 cm³/mol. The number of hydrogen-bond acceptors (Lipinski definition) is 8. The van der Waals surface area contributed by atoms with Crippen LogP contribution in [0.4, 0.5) is 4.39 Å². The lowest BCUT2D eigenvalue weighted by molar-refractivity contribution is -0.137. The number of hydrogen-bond donors (Lipinski definition) is 1. The Morgan fingerprint density at radius 3 is 2.84 bits per heavy atom. The highest BCUT2D eigenvalue weighted by atomic mass is 35.5. The van der Waals surface area contributed by atoms with Crippen molar-refractivity contribution in [3.05, 3.63) is 62.5 Å². The number of morpholine rings is 1. The van der Waals surface area contributed by atoms with E-state index in [1.807, 2.05) is 5.38 Å². The number of carbonyl (C=O) groups is 1. The molecule has 164 valence electrons. The Bertz CT molecular complexity index is 1040. The molecule has 1 aromatic heterocycles. The number of benzene rings is 1. The Kier molecular flexibility index (Phi) is 6.38. The molecule has 1 N–H and O–H groups in total. The van der Waals surface area contributed by atoms with Crippen LogP contribution < -0.4 is 5.32 Å². The molecule has 0 amide bonds. The van der Waals surface area contributed by atoms with Crippen molar-refractivity contribution in [2.24, 2.45) is 4.99 Å². The van der Waals surface area contributed by atoms with Gasteiger partial charge in [-0.15, -0.1) is 11.3 Å². The maximum atomic E-state index is 13.9. The Balaban J connectivity index is 1.87. The average molecular weight is 465 g/mol. The highest BCUT2D eigenvalue weighted by molar-refractivity contribution is 7.11. The van der Waals surface area contributed by atoms with E-state index >= 15 is 0 Å². The van der Waals surface area contributed by atoms with Crippen LogP contribution in [0.15, 0.2) is 46.0 Å². The van der Waals surface area contributed by atoms with Crippen LogP contribution in [0.1, 0.15) is 17.5 Å². The summed E-state index contributed by atoms with van der Waals surface area (Å²) in [5, 5.41) is 5.80. The van der Waals surface area contributed by atoms with E-state index < -0.39 is 17.3 Å². The van der Waals surface area contributed by atoms with Gasteiger partial charge < -0.3 is 14.8 Å². The molecule has 1 atom stereocenters. The van der Waals surface area contributed by atoms with Crippen molar-refractivity contribution >= 4 is 34.7 Å². The van der Waals surface area contributed by atoms with Gasteiger partial charge in [-0.05, 0) is 24.6 Å². The third-order valence-electron chi connectivity index (χ3n) is 5.38. The summed E-state index contributed by atoms with van der Waals surface area (Å²) in [5.41, 5.74) is 0.439. The Morgan fingerprint density at radius 2 is 2.19 bits per heavy atom. The van der Waals surface area contributed by atoms with Gasteiger partial charge in [-0.25, -0.2) is 19.2 Å². The van der Waals surface area contributed by atoms with Crippen LogP contribution in [0, 0.1) is 5.82 Å². The molecule has 3 heterocycles. The van der Waals surface area contributed by atoms with E-state index in [9.17, 15) is 9.18 Å². The average Bonchev–Trinajstić information content (AvgIpc) is 3.31. The number of halogens is 2. The number of nitrogens with one attached hydrogen (secondary N) is 1. The van der Waals surface area contributed by atoms with Gasteiger partial charge in [0.05, 0.1) is 30.9 Å². The highest BCUT2D eigenvalue weighted by Crippen LogP contribution is 2.40. The fraction of sp³-hybridized carbons (Fsp3) is 0.381. The number of thiazole rings is 1. The van der Waals surface area contributed by atoms with Gasteiger partial charge in [-0.3, -0.25) is 4.90 Å². The summed E-state index contributed by atoms with van der Waals surface area (Å²) in [5.74, 6) is -0.515. The molecule has 0 bridgehead atoms. The molecular formula is C21H22ClFN4O3S. The van der Waals surface area contributed by atoms with E-state index in [0.717, 1.165) is 13.1 Å². The van der Waals surface area contributed by atoms with Gasteiger partial charge in [0.2, 0.25) is 0 Å². The summed E-state index contributed by atoms with van der Waals surface area (Å²) in [4.78, 5) is 24.4. The first-order valence-electron chi connectivity index (χ1n) is 9.76. The lowest BCUT2D eigenvalue weighted by Crippen LogP contribution is -2.46. The quantitative estimate of drug-likeness (QED) is 0.686. The number of amidine groups is 1. The van der Waals surface area contributed by atoms with E-state index in [0.29, 0.717) is 47.4 Å². The molecule has 0 aliphatic carbocycles. The topological polar surface area (TPSA) is 76.0 Å². The van der Waals surface area contributed by atoms with Crippen LogP contribution >= 0.6 is 22.9 Å². The Labute approximate surface area is 188 Å². The third-order valence-corrected chi connectivity index (χ3v) is 6.45. The molecule has 1 unspecified atom stereocenters. The van der Waals surface area contributed by atoms with E-state index in [4.69, 9.17) is 26.1 Å². The van der Waals surface area contributed by atoms with Gasteiger partial charge in [0.15, 0.2) is 10.8 Å². The van der Waals surface area contributed by atoms with Gasteiger partial charge in [0, 0.05) is 36.9 Å². The number of methoxy groups -OCH3 is 1. The van der Waals surface area contributed by atoms with Gasteiger partial charge in [0.25, 0.3) is 0 Å². The molecule has 0 spiro atoms. The number of ether oxygens (including phenoxy) is 2. The first-order valence-corrected chi connectivity index (χ1v) is 11.0. The van der Waals surface area contributed by atoms with Crippen molar-refractivity contribution in [1.82, 2.24) is 15.2 Å². The first kappa shape index (κ1) is 21.9. The second-order valence-corrected chi connectivity index (χ2v) is 8.66. The number of carbonyl (C=O) groups excluding carboxylic acids is 1. The lowest BCUT2D eigenvalue weighted by atomic mass is 9.82. The van der Waals surface area contributed by atoms with Crippen molar-refractivity contribution in [3.8, 4) is 0 Å². The van der Waals surface area contributed by atoms with Gasteiger partial charge in [0.1, 0.15) is 11.4 Å². The fourth-order valence-electron chi connectivity index (χ4n) is 3.78. The molecule has 0 saturated carbocycles. The van der Waals surface area contributed by atoms with E-state index in [-0.39, 0.29) is 5.02 Å². The van der Waals surface area contributed by atoms with E-state index in [1.165, 1.54) is 30.6 Å². The minimum atomic E-state index is -1.15. The third kappa shape index (κ3) is 4.36. The predicted octanol–water partition coefficient (Wildman–Crippen LogP) is 2.96. The monoisotopic (exact) mass is 464 g/mol. The molecule has 1 saturated heterocycles. The second-order valence-electron chi connectivity index (χ2n) is 7.36. The van der Waals surface area contributed by atoms with Crippen LogP contribution in [-0.4, -0.2) is 61.6 Å². The van der Waals surface area contributed by atoms with Gasteiger partial charge >= 0.3 is 5.97 Å². The summed E-state index contributed by atoms with van der Waals surface area (Å²) in [6, 6.07) is 4.37. The Morgan fingerprint density at radius 1 is 1.42 bits per heavy atom. The summed E-state index contributed by atoms with van der Waals surface area (Å²) >= 11 is 7.51. The standard InChI is InChI=1S/C21H22ClFN4O3S/c1-21(13-3-4-15(23)14(22)11-13)17(20(28)29-2)16(12-27-6-8-30-9-7-27)25-18(26-21)19-24-5-10-31-19/h3-5,10-11H,6-9,12H2,1-2H3,(H,25,26). The fourth-order valence-corrected chi connectivity index (χ4v) is 4.54. The van der Waals surface area contributed by atoms with E-state index in [2.05, 4.69) is 15.2 Å². The van der Waals surface area contributed by atoms with E-state index in [1.54, 1.807) is 19.2 Å². The lowest BCUT2D eigenvalue weighted by Gasteiger charge is -2.37. The number of rotatable bonds is 5. The largest absolute Gasteiger partial charge is 0.466 e. The summed E-state index contributed by atoms with van der Waals surface area (Å²) in [6.07, 6.45) is 1.69. The normalized spacial score (nSPS) is 22.1. The van der Waals surface area contributed by atoms with Crippen LogP contribution in [0.3, 0.4) is 0 Å². The number of aliphatic imine (C=N–C) groups is 1. The minimum Gasteiger partial charge on any atom is -0.466 e. The molecule has 1 fully saturated rings.